The molecule has 0 radical (unpaired) electrons. The Morgan fingerprint density at radius 2 is 2.17 bits per heavy atom. The van der Waals surface area contributed by atoms with E-state index in [0.29, 0.717) is 11.1 Å². The van der Waals surface area contributed by atoms with Gasteiger partial charge in [-0.05, 0) is 24.6 Å². The lowest BCUT2D eigenvalue weighted by Gasteiger charge is -2.22. The summed E-state index contributed by atoms with van der Waals surface area (Å²) < 4.78 is 23.8. The summed E-state index contributed by atoms with van der Waals surface area (Å²) in [5.74, 6) is -0.265. The van der Waals surface area contributed by atoms with Gasteiger partial charge in [0.05, 0.1) is 25.2 Å². The van der Waals surface area contributed by atoms with Gasteiger partial charge in [0.2, 0.25) is 0 Å². The number of rotatable bonds is 4. The van der Waals surface area contributed by atoms with E-state index >= 15 is 0 Å². The smallest absolute Gasteiger partial charge is 0.168 e. The molecule has 1 heterocycles. The average Bonchev–Trinajstić information content (AvgIpc) is 2.86. The predicted molar refractivity (Wildman–Crippen MR) is 64.9 cm³/mol. The van der Waals surface area contributed by atoms with Gasteiger partial charge in [0.25, 0.3) is 0 Å². The highest BCUT2D eigenvalue weighted by atomic mass is 19.1. The predicted octanol–water partition coefficient (Wildman–Crippen LogP) is 2.88. The maximum absolute atomic E-state index is 14.0. The number of methoxy groups -OCH3 is 1. The van der Waals surface area contributed by atoms with Crippen LogP contribution in [0.1, 0.15) is 18.1 Å². The molecule has 2 rings (SSSR count). The molecular formula is C14H15FO3. The minimum absolute atomic E-state index is 0.148. The zero-order chi connectivity index (χ0) is 13.2. The first-order valence-electron chi connectivity index (χ1n) is 5.61. The van der Waals surface area contributed by atoms with E-state index in [9.17, 15) is 9.50 Å². The van der Waals surface area contributed by atoms with Crippen LogP contribution in [0.15, 0.2) is 41.2 Å². The minimum Gasteiger partial charge on any atom is -0.494 e. The van der Waals surface area contributed by atoms with Gasteiger partial charge in [0.15, 0.2) is 11.6 Å². The highest BCUT2D eigenvalue weighted by Crippen LogP contribution is 2.29. The molecule has 4 heteroatoms. The van der Waals surface area contributed by atoms with Crippen molar-refractivity contribution in [1.29, 1.82) is 0 Å². The summed E-state index contributed by atoms with van der Waals surface area (Å²) in [7, 11) is 1.41. The number of ether oxygens (including phenoxy) is 1. The van der Waals surface area contributed by atoms with Gasteiger partial charge >= 0.3 is 0 Å². The molecule has 0 aliphatic rings. The largest absolute Gasteiger partial charge is 0.494 e. The SMILES string of the molecule is COc1cccc(CC(C)(O)c2ccoc2)c1F. The topological polar surface area (TPSA) is 42.6 Å². The third-order valence-corrected chi connectivity index (χ3v) is 2.94. The van der Waals surface area contributed by atoms with Crippen LogP contribution in [0.3, 0.4) is 0 Å². The normalized spacial score (nSPS) is 14.2. The van der Waals surface area contributed by atoms with Crippen molar-refractivity contribution in [2.24, 2.45) is 0 Å². The lowest BCUT2D eigenvalue weighted by Crippen LogP contribution is -2.24. The fraction of sp³-hybridized carbons (Fsp3) is 0.286. The second-order valence-corrected chi connectivity index (χ2v) is 4.40. The highest BCUT2D eigenvalue weighted by Gasteiger charge is 2.26. The first kappa shape index (κ1) is 12.6. The van der Waals surface area contributed by atoms with Crippen LogP contribution in [0.5, 0.6) is 5.75 Å². The molecule has 1 aromatic heterocycles. The fourth-order valence-electron chi connectivity index (χ4n) is 1.89. The zero-order valence-electron chi connectivity index (χ0n) is 10.3. The van der Waals surface area contributed by atoms with Crippen molar-refractivity contribution in [3.63, 3.8) is 0 Å². The Hall–Kier alpha value is -1.81. The molecule has 0 aliphatic heterocycles. The molecule has 3 nitrogen and oxygen atoms in total. The maximum atomic E-state index is 14.0. The molecular weight excluding hydrogens is 235 g/mol. The number of hydrogen-bond acceptors (Lipinski definition) is 3. The summed E-state index contributed by atoms with van der Waals surface area (Å²) in [5.41, 5.74) is -0.162. The van der Waals surface area contributed by atoms with Crippen LogP contribution in [-0.4, -0.2) is 12.2 Å². The standard InChI is InChI=1S/C14H15FO3/c1-14(16,11-6-7-18-9-11)8-10-4-3-5-12(17-2)13(10)15/h3-7,9,16H,8H2,1-2H3. The van der Waals surface area contributed by atoms with E-state index in [-0.39, 0.29) is 12.2 Å². The Morgan fingerprint density at radius 3 is 2.78 bits per heavy atom. The van der Waals surface area contributed by atoms with Gasteiger partial charge in [-0.25, -0.2) is 4.39 Å². The van der Waals surface area contributed by atoms with Gasteiger partial charge in [0.1, 0.15) is 0 Å². The van der Waals surface area contributed by atoms with Crippen molar-refractivity contribution in [2.75, 3.05) is 7.11 Å². The number of furan rings is 1. The number of halogens is 1. The number of aliphatic hydroxyl groups is 1. The van der Waals surface area contributed by atoms with Gasteiger partial charge in [-0.3, -0.25) is 0 Å². The lowest BCUT2D eigenvalue weighted by atomic mass is 9.90. The molecule has 1 unspecified atom stereocenters. The van der Waals surface area contributed by atoms with Crippen LogP contribution in [0, 0.1) is 5.82 Å². The average molecular weight is 250 g/mol. The van der Waals surface area contributed by atoms with E-state index in [0.717, 1.165) is 0 Å². The fourth-order valence-corrected chi connectivity index (χ4v) is 1.89. The monoisotopic (exact) mass is 250 g/mol. The lowest BCUT2D eigenvalue weighted by molar-refractivity contribution is 0.0559. The first-order valence-corrected chi connectivity index (χ1v) is 5.61. The minimum atomic E-state index is -1.18. The summed E-state index contributed by atoms with van der Waals surface area (Å²) in [6.45, 7) is 1.62. The summed E-state index contributed by atoms with van der Waals surface area (Å²) >= 11 is 0. The molecule has 1 atom stereocenters. The van der Waals surface area contributed by atoms with Crippen molar-refractivity contribution in [3.8, 4) is 5.75 Å². The summed E-state index contributed by atoms with van der Waals surface area (Å²) in [6, 6.07) is 6.54. The van der Waals surface area contributed by atoms with Gasteiger partial charge < -0.3 is 14.3 Å². The summed E-state index contributed by atoms with van der Waals surface area (Å²) in [6.07, 6.45) is 3.08. The molecule has 0 bridgehead atoms. The zero-order valence-corrected chi connectivity index (χ0v) is 10.3. The quantitative estimate of drug-likeness (QED) is 0.907. The maximum Gasteiger partial charge on any atom is 0.168 e. The van der Waals surface area contributed by atoms with Gasteiger partial charge in [-0.1, -0.05) is 12.1 Å². The first-order chi connectivity index (χ1) is 8.54. The Balaban J connectivity index is 2.29. The Morgan fingerprint density at radius 1 is 1.39 bits per heavy atom. The molecule has 96 valence electrons. The molecule has 0 amide bonds. The molecule has 2 aromatic rings. The third kappa shape index (κ3) is 2.38. The van der Waals surface area contributed by atoms with E-state index in [2.05, 4.69) is 0 Å². The van der Waals surface area contributed by atoms with E-state index in [1.807, 2.05) is 0 Å². The summed E-state index contributed by atoms with van der Waals surface area (Å²) in [5, 5.41) is 10.3. The Bertz CT molecular complexity index is 518. The molecule has 1 aromatic carbocycles. The van der Waals surface area contributed by atoms with Crippen LogP contribution in [0.2, 0.25) is 0 Å². The van der Waals surface area contributed by atoms with Crippen molar-refractivity contribution >= 4 is 0 Å². The number of benzene rings is 1. The van der Waals surface area contributed by atoms with Gasteiger partial charge in [-0.2, -0.15) is 0 Å². The highest BCUT2D eigenvalue weighted by molar-refractivity contribution is 5.33. The second kappa shape index (κ2) is 4.82. The molecule has 18 heavy (non-hydrogen) atoms. The third-order valence-electron chi connectivity index (χ3n) is 2.94. The van der Waals surface area contributed by atoms with Crippen LogP contribution in [-0.2, 0) is 12.0 Å². The Kier molecular flexibility index (Phi) is 3.39. The van der Waals surface area contributed by atoms with Crippen LogP contribution >= 0.6 is 0 Å². The summed E-state index contributed by atoms with van der Waals surface area (Å²) in [4.78, 5) is 0. The molecule has 0 saturated carbocycles. The van der Waals surface area contributed by atoms with Crippen molar-refractivity contribution in [1.82, 2.24) is 0 Å². The molecule has 0 saturated heterocycles. The second-order valence-electron chi connectivity index (χ2n) is 4.40. The van der Waals surface area contributed by atoms with Crippen LogP contribution in [0.25, 0.3) is 0 Å². The van der Waals surface area contributed by atoms with Crippen LogP contribution < -0.4 is 4.74 Å². The number of hydrogen-bond donors (Lipinski definition) is 1. The van der Waals surface area contributed by atoms with Gasteiger partial charge in [-0.15, -0.1) is 0 Å². The van der Waals surface area contributed by atoms with Crippen molar-refractivity contribution in [2.45, 2.75) is 18.9 Å². The molecule has 0 aliphatic carbocycles. The van der Waals surface area contributed by atoms with E-state index < -0.39 is 11.4 Å². The van der Waals surface area contributed by atoms with E-state index in [1.54, 1.807) is 31.2 Å². The Labute approximate surface area is 105 Å². The van der Waals surface area contributed by atoms with Crippen molar-refractivity contribution in [3.05, 3.63) is 53.7 Å². The molecule has 1 N–H and O–H groups in total. The van der Waals surface area contributed by atoms with Crippen LogP contribution in [0.4, 0.5) is 4.39 Å². The van der Waals surface area contributed by atoms with Gasteiger partial charge in [0, 0.05) is 12.0 Å². The van der Waals surface area contributed by atoms with E-state index in [4.69, 9.17) is 9.15 Å². The van der Waals surface area contributed by atoms with E-state index in [1.165, 1.54) is 19.6 Å². The molecule has 0 spiro atoms. The van der Waals surface area contributed by atoms with Crippen molar-refractivity contribution < 1.29 is 18.7 Å². The molecule has 0 fully saturated rings.